The zero-order valence-electron chi connectivity index (χ0n) is 66.5. The van der Waals surface area contributed by atoms with E-state index in [0.29, 0.717) is 25.7 Å². The normalized spacial score (nSPS) is 14.2. The second-order valence-electron chi connectivity index (χ2n) is 28.4. The van der Waals surface area contributed by atoms with E-state index in [1.54, 1.807) is 0 Å². The van der Waals surface area contributed by atoms with Gasteiger partial charge in [-0.25, -0.2) is 9.13 Å². The summed E-state index contributed by atoms with van der Waals surface area (Å²) in [5.41, 5.74) is 0. The number of rotatable bonds is 80. The second-order valence-corrected chi connectivity index (χ2v) is 31.3. The maximum absolute atomic E-state index is 13.1. The molecule has 0 spiro atoms. The van der Waals surface area contributed by atoms with Gasteiger partial charge in [0.15, 0.2) is 12.2 Å². The first-order valence-corrected chi connectivity index (χ1v) is 45.2. The van der Waals surface area contributed by atoms with Crippen LogP contribution in [0, 0.1) is 0 Å². The molecule has 0 aliphatic heterocycles. The van der Waals surface area contributed by atoms with Gasteiger partial charge in [0.25, 0.3) is 0 Å². The molecule has 606 valence electrons. The van der Waals surface area contributed by atoms with E-state index in [2.05, 4.69) is 101 Å². The lowest BCUT2D eigenvalue weighted by molar-refractivity contribution is -0.161. The number of carbonyl (C=O) groups excluding carboxylic acids is 4. The van der Waals surface area contributed by atoms with Gasteiger partial charge in [-0.05, 0) is 116 Å². The lowest BCUT2D eigenvalue weighted by Crippen LogP contribution is -2.30. The maximum Gasteiger partial charge on any atom is 0.472 e. The van der Waals surface area contributed by atoms with Gasteiger partial charge >= 0.3 is 39.5 Å². The van der Waals surface area contributed by atoms with Crippen molar-refractivity contribution in [3.8, 4) is 0 Å². The Balaban J connectivity index is 5.34. The van der Waals surface area contributed by atoms with E-state index in [-0.39, 0.29) is 25.7 Å². The molecule has 0 aromatic heterocycles. The Morgan fingerprint density at radius 2 is 0.500 bits per heavy atom. The van der Waals surface area contributed by atoms with Gasteiger partial charge in [-0.2, -0.15) is 0 Å². The quantitative estimate of drug-likeness (QED) is 0.0169. The molecule has 17 nitrogen and oxygen atoms in total. The van der Waals surface area contributed by atoms with Crippen LogP contribution in [-0.2, 0) is 65.4 Å². The summed E-state index contributed by atoms with van der Waals surface area (Å²) in [5, 5.41) is 10.7. The number of carbonyl (C=O) groups is 4. The number of hydrogen-bond donors (Lipinski definition) is 3. The molecule has 5 unspecified atom stereocenters. The number of aliphatic hydroxyl groups excluding tert-OH is 1. The fourth-order valence-corrected chi connectivity index (χ4v) is 13.3. The SMILES string of the molecule is CC/C=C\C/C=C\C/C=C\C/C=C\CCCCCCCCC(=O)OCC(COP(=O)(O)OCC(O)COP(=O)(O)OCC(COC(=O)CCCCCCC/C=C\CCCCCCCC)OC(=O)CCCCCCCCCCCCCCCCC)OC(=O)CCCCCCC/C=C\CCCCCCCC. The highest BCUT2D eigenvalue weighted by Crippen LogP contribution is 2.45. The first-order valence-electron chi connectivity index (χ1n) is 42.2. The lowest BCUT2D eigenvalue weighted by atomic mass is 10.0. The topological polar surface area (TPSA) is 237 Å². The summed E-state index contributed by atoms with van der Waals surface area (Å²) in [6.07, 6.45) is 80.0. The Hall–Kier alpha value is -3.50. The van der Waals surface area contributed by atoms with Crippen LogP contribution in [0.4, 0.5) is 0 Å². The van der Waals surface area contributed by atoms with Crippen molar-refractivity contribution in [2.24, 2.45) is 0 Å². The van der Waals surface area contributed by atoms with Crippen molar-refractivity contribution < 1.29 is 80.2 Å². The third-order valence-corrected chi connectivity index (χ3v) is 20.1. The molecule has 104 heavy (non-hydrogen) atoms. The molecule has 0 aliphatic carbocycles. The van der Waals surface area contributed by atoms with Gasteiger partial charge < -0.3 is 33.8 Å². The zero-order valence-corrected chi connectivity index (χ0v) is 68.2. The summed E-state index contributed by atoms with van der Waals surface area (Å²) in [5.74, 6) is -2.17. The average Bonchev–Trinajstić information content (AvgIpc) is 0.918. The molecule has 0 saturated heterocycles. The lowest BCUT2D eigenvalue weighted by Gasteiger charge is -2.21. The predicted octanol–water partition coefficient (Wildman–Crippen LogP) is 24.8. The molecule has 0 bridgehead atoms. The second kappa shape index (κ2) is 77.7. The van der Waals surface area contributed by atoms with Crippen LogP contribution in [0.2, 0.25) is 0 Å². The number of unbranched alkanes of at least 4 members (excludes halogenated alkanes) is 42. The minimum atomic E-state index is -4.98. The van der Waals surface area contributed by atoms with Crippen molar-refractivity contribution in [3.05, 3.63) is 72.9 Å². The molecule has 0 aromatic rings. The van der Waals surface area contributed by atoms with Crippen molar-refractivity contribution >= 4 is 39.5 Å². The molecule has 0 heterocycles. The van der Waals surface area contributed by atoms with Gasteiger partial charge in [0.1, 0.15) is 19.3 Å². The van der Waals surface area contributed by atoms with E-state index in [0.717, 1.165) is 167 Å². The summed E-state index contributed by atoms with van der Waals surface area (Å²) in [6.45, 7) is 4.81. The predicted molar refractivity (Wildman–Crippen MR) is 427 cm³/mol. The van der Waals surface area contributed by atoms with E-state index in [1.807, 2.05) is 0 Å². The monoisotopic (exact) mass is 1510 g/mol. The molecule has 3 N–H and O–H groups in total. The minimum Gasteiger partial charge on any atom is -0.462 e. The third-order valence-electron chi connectivity index (χ3n) is 18.2. The highest BCUT2D eigenvalue weighted by Gasteiger charge is 2.30. The fourth-order valence-electron chi connectivity index (χ4n) is 11.7. The van der Waals surface area contributed by atoms with Crippen molar-refractivity contribution in [3.63, 3.8) is 0 Å². The van der Waals surface area contributed by atoms with E-state index >= 15 is 0 Å². The van der Waals surface area contributed by atoms with Crippen molar-refractivity contribution in [1.82, 2.24) is 0 Å². The van der Waals surface area contributed by atoms with E-state index in [9.17, 15) is 43.2 Å². The average molecular weight is 1510 g/mol. The number of hydrogen-bond acceptors (Lipinski definition) is 15. The van der Waals surface area contributed by atoms with Gasteiger partial charge in [0, 0.05) is 25.7 Å². The minimum absolute atomic E-state index is 0.0844. The van der Waals surface area contributed by atoms with Crippen LogP contribution < -0.4 is 0 Å². The zero-order chi connectivity index (χ0) is 76.0. The Morgan fingerprint density at radius 1 is 0.279 bits per heavy atom. The van der Waals surface area contributed by atoms with Gasteiger partial charge in [-0.1, -0.05) is 319 Å². The van der Waals surface area contributed by atoms with Crippen LogP contribution in [0.15, 0.2) is 72.9 Å². The Bertz CT molecular complexity index is 2250. The molecule has 0 aliphatic rings. The van der Waals surface area contributed by atoms with Crippen molar-refractivity contribution in [2.75, 3.05) is 39.6 Å². The highest BCUT2D eigenvalue weighted by molar-refractivity contribution is 7.47. The Morgan fingerprint density at radius 3 is 0.779 bits per heavy atom. The number of aliphatic hydroxyl groups is 1. The molecule has 0 amide bonds. The first-order chi connectivity index (χ1) is 50.7. The standard InChI is InChI=1S/C85H154O17P2/c1-5-9-13-17-21-25-29-33-37-38-39-40-44-46-50-54-58-62-66-70-83(88)96-76-81(102-85(90)72-68-64-60-56-52-48-43-36-32-28-24-20-16-12-8-4)78-100-104(93,94)98-74-79(86)73-97-103(91,92)99-77-80(101-84(89)71-67-63-59-55-51-47-42-35-31-27-23-19-15-11-7-3)75-95-82(87)69-65-61-57-53-49-45-41-34-30-26-22-18-14-10-6-2/h9,13,21,25,33-34,36-37,39-41,43,79-81,86H,5-8,10-12,14-20,22-24,26-32,35,38,42,44-78H2,1-4H3,(H,91,92)(H,93,94)/b13-9-,25-21-,37-33-,40-39-,41-34-,43-36-. The highest BCUT2D eigenvalue weighted by atomic mass is 31.2. The number of ether oxygens (including phenoxy) is 4. The van der Waals surface area contributed by atoms with Crippen LogP contribution >= 0.6 is 15.6 Å². The fraction of sp³-hybridized carbons (Fsp3) is 0.812. The van der Waals surface area contributed by atoms with Gasteiger partial charge in [0.2, 0.25) is 0 Å². The first kappa shape index (κ1) is 100. The molecule has 0 radical (unpaired) electrons. The van der Waals surface area contributed by atoms with E-state index in [4.69, 9.17) is 37.0 Å². The number of phosphoric ester groups is 2. The van der Waals surface area contributed by atoms with Gasteiger partial charge in [-0.15, -0.1) is 0 Å². The van der Waals surface area contributed by atoms with E-state index in [1.165, 1.54) is 141 Å². The Labute approximate surface area is 634 Å². The summed E-state index contributed by atoms with van der Waals surface area (Å²) in [6, 6.07) is 0. The summed E-state index contributed by atoms with van der Waals surface area (Å²) in [4.78, 5) is 73.2. The molecule has 0 aromatic carbocycles. The number of esters is 4. The number of allylic oxidation sites excluding steroid dienone is 12. The summed E-state index contributed by atoms with van der Waals surface area (Å²) < 4.78 is 68.8. The third kappa shape index (κ3) is 76.7. The van der Waals surface area contributed by atoms with Crippen molar-refractivity contribution in [1.29, 1.82) is 0 Å². The van der Waals surface area contributed by atoms with Gasteiger partial charge in [-0.3, -0.25) is 37.3 Å². The van der Waals surface area contributed by atoms with Crippen molar-refractivity contribution in [2.45, 2.75) is 406 Å². The molecule has 5 atom stereocenters. The number of phosphoric acid groups is 2. The van der Waals surface area contributed by atoms with Crippen LogP contribution in [-0.4, -0.2) is 96.7 Å². The molecule has 0 saturated carbocycles. The summed E-state index contributed by atoms with van der Waals surface area (Å²) in [7, 11) is -9.95. The van der Waals surface area contributed by atoms with Crippen LogP contribution in [0.25, 0.3) is 0 Å². The van der Waals surface area contributed by atoms with Crippen LogP contribution in [0.3, 0.4) is 0 Å². The summed E-state index contributed by atoms with van der Waals surface area (Å²) >= 11 is 0. The maximum atomic E-state index is 13.1. The van der Waals surface area contributed by atoms with E-state index < -0.39 is 97.5 Å². The van der Waals surface area contributed by atoms with Crippen LogP contribution in [0.5, 0.6) is 0 Å². The molecule has 19 heteroatoms. The smallest absolute Gasteiger partial charge is 0.462 e. The Kier molecular flexibility index (Phi) is 75.0. The van der Waals surface area contributed by atoms with Crippen LogP contribution in [0.1, 0.15) is 387 Å². The molecular weight excluding hydrogens is 1350 g/mol. The molecule has 0 fully saturated rings. The van der Waals surface area contributed by atoms with Gasteiger partial charge in [0.05, 0.1) is 26.4 Å². The molecule has 0 rings (SSSR count). The largest absolute Gasteiger partial charge is 0.472 e. The molecular formula is C85H154O17P2.